The minimum absolute atomic E-state index is 0.186. The molecule has 0 bridgehead atoms. The van der Waals surface area contributed by atoms with Gasteiger partial charge in [0.2, 0.25) is 0 Å². The number of cyclic esters (lactones) is 1. The Labute approximate surface area is 121 Å². The number of imidazole rings is 1. The summed E-state index contributed by atoms with van der Waals surface area (Å²) in [6.07, 6.45) is 3.09. The zero-order valence-electron chi connectivity index (χ0n) is 11.0. The number of ether oxygens (including phenoxy) is 1. The number of amides is 1. The van der Waals surface area contributed by atoms with Gasteiger partial charge < -0.3 is 9.30 Å². The van der Waals surface area contributed by atoms with Crippen molar-refractivity contribution in [3.8, 4) is 0 Å². The lowest BCUT2D eigenvalue weighted by molar-refractivity contribution is 0.131. The predicted molar refractivity (Wildman–Crippen MR) is 76.0 cm³/mol. The third-order valence-corrected chi connectivity index (χ3v) is 3.55. The summed E-state index contributed by atoms with van der Waals surface area (Å²) in [6.45, 7) is 3.04. The second kappa shape index (κ2) is 5.17. The highest BCUT2D eigenvalue weighted by atomic mass is 35.5. The van der Waals surface area contributed by atoms with Crippen LogP contribution in [0.1, 0.15) is 5.82 Å². The molecule has 1 saturated heterocycles. The molecule has 2 heterocycles. The maximum Gasteiger partial charge on any atom is 0.414 e. The number of carbonyl (C=O) groups excluding carboxylic acids is 1. The van der Waals surface area contributed by atoms with Gasteiger partial charge in [0, 0.05) is 23.1 Å². The van der Waals surface area contributed by atoms with Crippen molar-refractivity contribution in [1.82, 2.24) is 9.55 Å². The van der Waals surface area contributed by atoms with Crippen LogP contribution in [-0.2, 0) is 11.3 Å². The van der Waals surface area contributed by atoms with E-state index < -0.39 is 0 Å². The average Bonchev–Trinajstić information content (AvgIpc) is 2.97. The van der Waals surface area contributed by atoms with Crippen LogP contribution < -0.4 is 4.90 Å². The summed E-state index contributed by atoms with van der Waals surface area (Å²) in [5, 5.41) is 0.601. The molecule has 5 nitrogen and oxygen atoms in total. The molecule has 1 amide bonds. The molecule has 0 N–H and O–H groups in total. The summed E-state index contributed by atoms with van der Waals surface area (Å²) >= 11 is 5.95. The van der Waals surface area contributed by atoms with Crippen molar-refractivity contribution in [3.63, 3.8) is 0 Å². The van der Waals surface area contributed by atoms with Gasteiger partial charge in [0.15, 0.2) is 0 Å². The van der Waals surface area contributed by atoms with Crippen molar-refractivity contribution < 1.29 is 9.53 Å². The summed E-state index contributed by atoms with van der Waals surface area (Å²) in [7, 11) is 0. The zero-order chi connectivity index (χ0) is 14.1. The van der Waals surface area contributed by atoms with E-state index in [1.165, 1.54) is 0 Å². The number of anilines is 1. The highest BCUT2D eigenvalue weighted by molar-refractivity contribution is 6.30. The van der Waals surface area contributed by atoms with Crippen LogP contribution in [0.5, 0.6) is 0 Å². The Morgan fingerprint density at radius 2 is 2.35 bits per heavy atom. The first-order chi connectivity index (χ1) is 9.63. The van der Waals surface area contributed by atoms with Gasteiger partial charge in [0.1, 0.15) is 11.9 Å². The molecular weight excluding hydrogens is 278 g/mol. The molecule has 1 aliphatic rings. The van der Waals surface area contributed by atoms with Crippen LogP contribution in [0, 0.1) is 6.92 Å². The molecule has 1 aliphatic heterocycles. The lowest BCUT2D eigenvalue weighted by atomic mass is 10.2. The molecule has 3 rings (SSSR count). The molecule has 0 saturated carbocycles. The largest absolute Gasteiger partial charge is 0.442 e. The van der Waals surface area contributed by atoms with Crippen molar-refractivity contribution in [1.29, 1.82) is 0 Å². The van der Waals surface area contributed by atoms with Crippen LogP contribution in [0.2, 0.25) is 5.02 Å². The Morgan fingerprint density at radius 1 is 1.50 bits per heavy atom. The molecule has 6 heteroatoms. The van der Waals surface area contributed by atoms with E-state index in [-0.39, 0.29) is 12.2 Å². The first-order valence-corrected chi connectivity index (χ1v) is 6.73. The van der Waals surface area contributed by atoms with E-state index in [0.29, 0.717) is 18.1 Å². The quantitative estimate of drug-likeness (QED) is 0.873. The van der Waals surface area contributed by atoms with E-state index in [0.717, 1.165) is 11.5 Å². The Kier molecular flexibility index (Phi) is 3.36. The molecule has 0 aliphatic carbocycles. The molecule has 1 fully saturated rings. The topological polar surface area (TPSA) is 47.4 Å². The van der Waals surface area contributed by atoms with Gasteiger partial charge in [-0.15, -0.1) is 0 Å². The van der Waals surface area contributed by atoms with Crippen LogP contribution in [0.15, 0.2) is 36.7 Å². The van der Waals surface area contributed by atoms with Gasteiger partial charge in [-0.05, 0) is 25.1 Å². The molecule has 0 spiro atoms. The van der Waals surface area contributed by atoms with Crippen molar-refractivity contribution in [2.45, 2.75) is 19.6 Å². The lowest BCUT2D eigenvalue weighted by Gasteiger charge is -2.13. The fourth-order valence-electron chi connectivity index (χ4n) is 2.29. The van der Waals surface area contributed by atoms with E-state index in [1.54, 1.807) is 23.2 Å². The molecule has 1 atom stereocenters. The first-order valence-electron chi connectivity index (χ1n) is 6.35. The van der Waals surface area contributed by atoms with Crippen LogP contribution in [0.25, 0.3) is 0 Å². The first kappa shape index (κ1) is 13.0. The van der Waals surface area contributed by atoms with Gasteiger partial charge in [-0.1, -0.05) is 17.7 Å². The van der Waals surface area contributed by atoms with E-state index in [1.807, 2.05) is 29.8 Å². The SMILES string of the molecule is Cc1nccn1CC1CN(c2cccc(Cl)c2)C(=O)O1. The lowest BCUT2D eigenvalue weighted by Crippen LogP contribution is -2.25. The summed E-state index contributed by atoms with van der Waals surface area (Å²) in [4.78, 5) is 17.7. The summed E-state index contributed by atoms with van der Waals surface area (Å²) in [5.74, 6) is 0.905. The minimum atomic E-state index is -0.338. The number of hydrogen-bond acceptors (Lipinski definition) is 3. The third kappa shape index (κ3) is 2.49. The number of nitrogens with zero attached hydrogens (tertiary/aromatic N) is 3. The zero-order valence-corrected chi connectivity index (χ0v) is 11.7. The number of aromatic nitrogens is 2. The van der Waals surface area contributed by atoms with Gasteiger partial charge in [0.25, 0.3) is 0 Å². The van der Waals surface area contributed by atoms with Gasteiger partial charge >= 0.3 is 6.09 Å². The van der Waals surface area contributed by atoms with Gasteiger partial charge in [-0.2, -0.15) is 0 Å². The van der Waals surface area contributed by atoms with Crippen LogP contribution >= 0.6 is 11.6 Å². The average molecular weight is 292 g/mol. The van der Waals surface area contributed by atoms with E-state index >= 15 is 0 Å². The van der Waals surface area contributed by atoms with Crippen LogP contribution in [0.3, 0.4) is 0 Å². The molecule has 0 radical (unpaired) electrons. The summed E-state index contributed by atoms with van der Waals surface area (Å²) in [5.41, 5.74) is 0.757. The van der Waals surface area contributed by atoms with Crippen molar-refractivity contribution in [3.05, 3.63) is 47.5 Å². The molecule has 1 aromatic heterocycles. The van der Waals surface area contributed by atoms with Crippen molar-refractivity contribution in [2.24, 2.45) is 0 Å². The Bertz CT molecular complexity index is 641. The number of benzene rings is 1. The summed E-state index contributed by atoms with van der Waals surface area (Å²) < 4.78 is 7.36. The van der Waals surface area contributed by atoms with E-state index in [4.69, 9.17) is 16.3 Å². The van der Waals surface area contributed by atoms with Gasteiger partial charge in [0.05, 0.1) is 13.1 Å². The second-order valence-corrected chi connectivity index (χ2v) is 5.16. The number of aryl methyl sites for hydroxylation is 1. The molecule has 1 unspecified atom stereocenters. The van der Waals surface area contributed by atoms with Crippen molar-refractivity contribution >= 4 is 23.4 Å². The number of halogens is 1. The maximum absolute atomic E-state index is 11.9. The fourth-order valence-corrected chi connectivity index (χ4v) is 2.47. The van der Waals surface area contributed by atoms with E-state index in [9.17, 15) is 4.79 Å². The standard InChI is InChI=1S/C14H14ClN3O2/c1-10-16-5-6-17(10)8-13-9-18(14(19)20-13)12-4-2-3-11(15)7-12/h2-7,13H,8-9H2,1H3. The highest BCUT2D eigenvalue weighted by Crippen LogP contribution is 2.25. The van der Waals surface area contributed by atoms with Gasteiger partial charge in [-0.25, -0.2) is 9.78 Å². The molecular formula is C14H14ClN3O2. The molecule has 2 aromatic rings. The molecule has 20 heavy (non-hydrogen) atoms. The van der Waals surface area contributed by atoms with E-state index in [2.05, 4.69) is 4.98 Å². The number of carbonyl (C=O) groups is 1. The smallest absolute Gasteiger partial charge is 0.414 e. The van der Waals surface area contributed by atoms with Crippen LogP contribution in [-0.4, -0.2) is 28.3 Å². The third-order valence-electron chi connectivity index (χ3n) is 3.32. The minimum Gasteiger partial charge on any atom is -0.442 e. The Hall–Kier alpha value is -2.01. The maximum atomic E-state index is 11.9. The number of hydrogen-bond donors (Lipinski definition) is 0. The molecule has 1 aromatic carbocycles. The normalized spacial score (nSPS) is 18.4. The summed E-state index contributed by atoms with van der Waals surface area (Å²) in [6, 6.07) is 7.20. The Balaban J connectivity index is 1.74. The van der Waals surface area contributed by atoms with Crippen LogP contribution in [0.4, 0.5) is 10.5 Å². The van der Waals surface area contributed by atoms with Gasteiger partial charge in [-0.3, -0.25) is 4.90 Å². The Morgan fingerprint density at radius 3 is 3.05 bits per heavy atom. The highest BCUT2D eigenvalue weighted by Gasteiger charge is 2.32. The molecule has 104 valence electrons. The second-order valence-electron chi connectivity index (χ2n) is 4.72. The monoisotopic (exact) mass is 291 g/mol. The fraction of sp³-hybridized carbons (Fsp3) is 0.286. The van der Waals surface area contributed by atoms with Crippen molar-refractivity contribution in [2.75, 3.05) is 11.4 Å². The number of rotatable bonds is 3. The predicted octanol–water partition coefficient (Wildman–Crippen LogP) is 2.87.